The van der Waals surface area contributed by atoms with E-state index in [4.69, 9.17) is 9.84 Å². The van der Waals surface area contributed by atoms with Gasteiger partial charge in [-0.25, -0.2) is 0 Å². The van der Waals surface area contributed by atoms with Gasteiger partial charge in [-0.15, -0.1) is 0 Å². The van der Waals surface area contributed by atoms with Crippen molar-refractivity contribution in [2.45, 2.75) is 52.4 Å². The fourth-order valence-corrected chi connectivity index (χ4v) is 1.59. The van der Waals surface area contributed by atoms with Crippen molar-refractivity contribution in [2.75, 3.05) is 13.7 Å². The van der Waals surface area contributed by atoms with E-state index in [1.54, 1.807) is 0 Å². The largest absolute Gasteiger partial charge is 0.469 e. The van der Waals surface area contributed by atoms with Crippen LogP contribution in [0.4, 0.5) is 0 Å². The summed E-state index contributed by atoms with van der Waals surface area (Å²) in [4.78, 5) is 11.3. The first-order valence-corrected chi connectivity index (χ1v) is 5.74. The summed E-state index contributed by atoms with van der Waals surface area (Å²) < 4.78 is 4.74. The van der Waals surface area contributed by atoms with Crippen molar-refractivity contribution in [3.63, 3.8) is 0 Å². The Morgan fingerprint density at radius 3 is 2.20 bits per heavy atom. The maximum Gasteiger partial charge on any atom is 0.311 e. The minimum atomic E-state index is -0.355. The highest BCUT2D eigenvalue weighted by atomic mass is 16.5. The number of hydrogen-bond donors (Lipinski definition) is 1. The lowest BCUT2D eigenvalue weighted by Gasteiger charge is -2.20. The molecule has 0 saturated carbocycles. The van der Waals surface area contributed by atoms with Crippen LogP contribution in [-0.2, 0) is 9.53 Å². The highest BCUT2D eigenvalue weighted by molar-refractivity contribution is 5.75. The first-order chi connectivity index (χ1) is 7.04. The van der Waals surface area contributed by atoms with Gasteiger partial charge >= 0.3 is 5.97 Å². The summed E-state index contributed by atoms with van der Waals surface area (Å²) in [6.45, 7) is 4.13. The van der Waals surface area contributed by atoms with Gasteiger partial charge in [0, 0.05) is 6.61 Å². The summed E-state index contributed by atoms with van der Waals surface area (Å²) in [5.41, 5.74) is -0.355. The molecule has 0 aliphatic heterocycles. The lowest BCUT2D eigenvalue weighted by molar-refractivity contribution is -0.151. The quantitative estimate of drug-likeness (QED) is 0.501. The number of aliphatic hydroxyl groups is 1. The van der Waals surface area contributed by atoms with Crippen LogP contribution in [0.25, 0.3) is 0 Å². The van der Waals surface area contributed by atoms with Gasteiger partial charge in [-0.2, -0.15) is 0 Å². The Balaban J connectivity index is 3.53. The Morgan fingerprint density at radius 2 is 1.67 bits per heavy atom. The summed E-state index contributed by atoms with van der Waals surface area (Å²) >= 11 is 0. The van der Waals surface area contributed by atoms with Crippen molar-refractivity contribution >= 4 is 5.97 Å². The Kier molecular flexibility index (Phi) is 7.39. The Labute approximate surface area is 92.8 Å². The molecule has 0 aliphatic rings. The Hall–Kier alpha value is -0.570. The van der Waals surface area contributed by atoms with Gasteiger partial charge in [0.25, 0.3) is 0 Å². The van der Waals surface area contributed by atoms with Crippen LogP contribution in [0.3, 0.4) is 0 Å². The molecule has 0 radical (unpaired) electrons. The molecular formula is C12H24O3. The molecule has 0 aromatic rings. The van der Waals surface area contributed by atoms with Crippen molar-refractivity contribution < 1.29 is 14.6 Å². The summed E-state index contributed by atoms with van der Waals surface area (Å²) in [6.07, 6.45) is 6.15. The summed E-state index contributed by atoms with van der Waals surface area (Å²) in [7, 11) is 1.44. The Morgan fingerprint density at radius 1 is 1.13 bits per heavy atom. The zero-order chi connectivity index (χ0) is 11.7. The third-order valence-electron chi connectivity index (χ3n) is 2.70. The molecule has 0 amide bonds. The Bertz CT molecular complexity index is 176. The predicted molar refractivity (Wildman–Crippen MR) is 60.6 cm³/mol. The number of methoxy groups -OCH3 is 1. The molecule has 0 aromatic heterocycles. The summed E-state index contributed by atoms with van der Waals surface area (Å²) in [6, 6.07) is 0. The normalized spacial score (nSPS) is 11.5. The van der Waals surface area contributed by atoms with Crippen LogP contribution in [0.15, 0.2) is 0 Å². The topological polar surface area (TPSA) is 46.5 Å². The first-order valence-electron chi connectivity index (χ1n) is 5.74. The van der Waals surface area contributed by atoms with E-state index >= 15 is 0 Å². The fraction of sp³-hybridized carbons (Fsp3) is 0.917. The highest BCUT2D eigenvalue weighted by Crippen LogP contribution is 2.25. The molecule has 90 valence electrons. The average molecular weight is 216 g/mol. The first kappa shape index (κ1) is 14.4. The summed E-state index contributed by atoms with van der Waals surface area (Å²) in [5.74, 6) is -0.127. The predicted octanol–water partition coefficient (Wildman–Crippen LogP) is 2.52. The molecule has 0 spiro atoms. The molecule has 0 atom stereocenters. The lowest BCUT2D eigenvalue weighted by Crippen LogP contribution is -2.25. The molecule has 0 bridgehead atoms. The van der Waals surface area contributed by atoms with Crippen LogP contribution in [-0.4, -0.2) is 24.8 Å². The number of carbonyl (C=O) groups is 1. The number of carbonyl (C=O) groups excluding carboxylic acids is 1. The molecule has 3 heteroatoms. The van der Waals surface area contributed by atoms with Gasteiger partial charge in [-0.1, -0.05) is 25.7 Å². The van der Waals surface area contributed by atoms with Crippen molar-refractivity contribution in [1.29, 1.82) is 0 Å². The van der Waals surface area contributed by atoms with E-state index in [2.05, 4.69) is 0 Å². The van der Waals surface area contributed by atoms with Crippen molar-refractivity contribution in [2.24, 2.45) is 5.41 Å². The van der Waals surface area contributed by atoms with E-state index in [1.165, 1.54) is 7.11 Å². The molecule has 0 rings (SSSR count). The zero-order valence-corrected chi connectivity index (χ0v) is 10.2. The monoisotopic (exact) mass is 216 g/mol. The van der Waals surface area contributed by atoms with Gasteiger partial charge in [0.05, 0.1) is 12.5 Å². The van der Waals surface area contributed by atoms with Gasteiger partial charge in [0.2, 0.25) is 0 Å². The standard InChI is InChI=1S/C12H24O3/c1-12(2,11(14)15-3)9-7-5-4-6-8-10-13/h13H,4-10H2,1-3H3. The lowest BCUT2D eigenvalue weighted by atomic mass is 9.87. The van der Waals surface area contributed by atoms with Gasteiger partial charge in [0.15, 0.2) is 0 Å². The third kappa shape index (κ3) is 6.50. The molecule has 0 aromatic carbocycles. The van der Waals surface area contributed by atoms with E-state index in [-0.39, 0.29) is 18.0 Å². The summed E-state index contributed by atoms with van der Waals surface area (Å²) in [5, 5.41) is 8.60. The second-order valence-electron chi connectivity index (χ2n) is 4.62. The minimum absolute atomic E-state index is 0.127. The fourth-order valence-electron chi connectivity index (χ4n) is 1.59. The maximum atomic E-state index is 11.3. The van der Waals surface area contributed by atoms with E-state index in [1.807, 2.05) is 13.8 Å². The second-order valence-corrected chi connectivity index (χ2v) is 4.62. The van der Waals surface area contributed by atoms with Crippen LogP contribution >= 0.6 is 0 Å². The van der Waals surface area contributed by atoms with Crippen LogP contribution in [0.5, 0.6) is 0 Å². The number of hydrogen-bond acceptors (Lipinski definition) is 3. The molecule has 0 fully saturated rings. The van der Waals surface area contributed by atoms with Crippen molar-refractivity contribution in [3.05, 3.63) is 0 Å². The van der Waals surface area contributed by atoms with Gasteiger partial charge in [0.1, 0.15) is 0 Å². The molecule has 0 saturated heterocycles. The van der Waals surface area contributed by atoms with Gasteiger partial charge in [-0.3, -0.25) is 4.79 Å². The molecule has 15 heavy (non-hydrogen) atoms. The number of aliphatic hydroxyl groups excluding tert-OH is 1. The van der Waals surface area contributed by atoms with E-state index in [9.17, 15) is 4.79 Å². The second kappa shape index (κ2) is 7.69. The smallest absolute Gasteiger partial charge is 0.311 e. The van der Waals surface area contributed by atoms with Gasteiger partial charge in [-0.05, 0) is 26.7 Å². The van der Waals surface area contributed by atoms with Crippen molar-refractivity contribution in [3.8, 4) is 0 Å². The van der Waals surface area contributed by atoms with E-state index < -0.39 is 0 Å². The number of ether oxygens (including phenoxy) is 1. The number of unbranched alkanes of at least 4 members (excludes halogenated alkanes) is 4. The van der Waals surface area contributed by atoms with Gasteiger partial charge < -0.3 is 9.84 Å². The number of rotatable bonds is 8. The highest BCUT2D eigenvalue weighted by Gasteiger charge is 2.27. The van der Waals surface area contributed by atoms with E-state index in [0.717, 1.165) is 38.5 Å². The third-order valence-corrected chi connectivity index (χ3v) is 2.70. The maximum absolute atomic E-state index is 11.3. The van der Waals surface area contributed by atoms with E-state index in [0.29, 0.717) is 0 Å². The molecule has 0 aliphatic carbocycles. The zero-order valence-electron chi connectivity index (χ0n) is 10.2. The average Bonchev–Trinajstić information content (AvgIpc) is 2.22. The molecular weight excluding hydrogens is 192 g/mol. The van der Waals surface area contributed by atoms with Crippen LogP contribution < -0.4 is 0 Å². The van der Waals surface area contributed by atoms with Crippen LogP contribution in [0, 0.1) is 5.41 Å². The SMILES string of the molecule is COC(=O)C(C)(C)CCCCCCCO. The van der Waals surface area contributed by atoms with Crippen LogP contribution in [0.1, 0.15) is 52.4 Å². The minimum Gasteiger partial charge on any atom is -0.469 e. The van der Waals surface area contributed by atoms with Crippen molar-refractivity contribution in [1.82, 2.24) is 0 Å². The molecule has 3 nitrogen and oxygen atoms in total. The van der Waals surface area contributed by atoms with Crippen LogP contribution in [0.2, 0.25) is 0 Å². The molecule has 0 unspecified atom stereocenters. The number of esters is 1. The molecule has 1 N–H and O–H groups in total. The molecule has 0 heterocycles.